The molecule has 4 unspecified atom stereocenters. The fraction of sp³-hybridized carbons (Fsp3) is 0.625. The Hall–Kier alpha value is -2.82. The van der Waals surface area contributed by atoms with Gasteiger partial charge in [0.1, 0.15) is 0 Å². The van der Waals surface area contributed by atoms with Crippen molar-refractivity contribution in [3.8, 4) is 6.19 Å². The van der Waals surface area contributed by atoms with Crippen LogP contribution in [0.25, 0.3) is 5.57 Å². The van der Waals surface area contributed by atoms with E-state index in [-0.39, 0.29) is 24.5 Å². The second-order valence-electron chi connectivity index (χ2n) is 12.6. The summed E-state index contributed by atoms with van der Waals surface area (Å²) in [5.41, 5.74) is 5.77. The molecule has 3 N–H and O–H groups in total. The molecule has 1 aromatic rings. The summed E-state index contributed by atoms with van der Waals surface area (Å²) in [6.07, 6.45) is 2.56. The monoisotopic (exact) mass is 650 g/mol. The van der Waals surface area contributed by atoms with Crippen LogP contribution in [0.2, 0.25) is 0 Å². The molecule has 45 heavy (non-hydrogen) atoms. The van der Waals surface area contributed by atoms with E-state index < -0.39 is 35.5 Å². The van der Waals surface area contributed by atoms with Crippen molar-refractivity contribution in [2.24, 2.45) is 23.5 Å². The van der Waals surface area contributed by atoms with E-state index >= 15 is 0 Å². The highest BCUT2D eigenvalue weighted by Gasteiger charge is 2.48. The number of amides is 1. The topological polar surface area (TPSA) is 95.1 Å². The number of carbonyl (C=O) groups excluding carboxylic acids is 1. The van der Waals surface area contributed by atoms with Crippen LogP contribution in [0.5, 0.6) is 0 Å². The standard InChI is InChI=1S/C32H45F3N8O.ClH/c1-39(18-19-40-16-11-38-12-17-40)20-24-6-5-13-42(21-24)43-15-10-28(32(33,34)35)29(25-7-3-2-4-8-25)30(43)27-22-41(23-36)14-9-26(27)31(37)44;/h2-4,7-8,10,15,24,26-27,30,38H,5-6,9,11-14,16-22H2,1H3,(H2,37,44);1H. The molecule has 0 radical (unpaired) electrons. The Morgan fingerprint density at radius 2 is 1.84 bits per heavy atom. The lowest BCUT2D eigenvalue weighted by Crippen LogP contribution is -2.59. The van der Waals surface area contributed by atoms with E-state index in [1.807, 2.05) is 5.01 Å². The Morgan fingerprint density at radius 1 is 1.11 bits per heavy atom. The van der Waals surface area contributed by atoms with Gasteiger partial charge in [-0.05, 0) is 49.4 Å². The molecule has 4 heterocycles. The van der Waals surface area contributed by atoms with Gasteiger partial charge in [0, 0.05) is 90.0 Å². The molecular formula is C32H46ClF3N8O. The van der Waals surface area contributed by atoms with Crippen molar-refractivity contribution < 1.29 is 18.0 Å². The zero-order chi connectivity index (χ0) is 31.3. The highest BCUT2D eigenvalue weighted by Crippen LogP contribution is 2.45. The Morgan fingerprint density at radius 3 is 2.51 bits per heavy atom. The number of likely N-dealkylation sites (tertiary alicyclic amines) is 1. The molecule has 0 aliphatic carbocycles. The number of primary amides is 1. The summed E-state index contributed by atoms with van der Waals surface area (Å²) in [5, 5.41) is 17.3. The first-order valence-corrected chi connectivity index (χ1v) is 15.8. The molecular weight excluding hydrogens is 605 g/mol. The molecule has 3 saturated heterocycles. The summed E-state index contributed by atoms with van der Waals surface area (Å²) in [4.78, 5) is 19.2. The number of nitrogens with one attached hydrogen (secondary N) is 1. The van der Waals surface area contributed by atoms with Gasteiger partial charge in [-0.25, -0.2) is 5.01 Å². The highest BCUT2D eigenvalue weighted by molar-refractivity contribution is 5.85. The summed E-state index contributed by atoms with van der Waals surface area (Å²) in [6.45, 7) is 8.93. The fourth-order valence-corrected chi connectivity index (χ4v) is 7.42. The van der Waals surface area contributed by atoms with E-state index in [1.54, 1.807) is 41.4 Å². The van der Waals surface area contributed by atoms with Crippen LogP contribution in [0.4, 0.5) is 13.2 Å². The van der Waals surface area contributed by atoms with Gasteiger partial charge in [-0.1, -0.05) is 30.3 Å². The molecule has 4 atom stereocenters. The quantitative estimate of drug-likeness (QED) is 0.394. The molecule has 5 rings (SSSR count). The number of rotatable bonds is 9. The zero-order valence-electron chi connectivity index (χ0n) is 26.0. The molecule has 0 bridgehead atoms. The number of nitrogens with zero attached hydrogens (tertiary/aromatic N) is 6. The number of carbonyl (C=O) groups is 1. The zero-order valence-corrected chi connectivity index (χ0v) is 26.8. The molecule has 0 saturated carbocycles. The van der Waals surface area contributed by atoms with Crippen molar-refractivity contribution in [1.29, 1.82) is 5.26 Å². The van der Waals surface area contributed by atoms with E-state index in [4.69, 9.17) is 5.73 Å². The van der Waals surface area contributed by atoms with Crippen LogP contribution in [-0.2, 0) is 4.79 Å². The van der Waals surface area contributed by atoms with Crippen molar-refractivity contribution in [3.05, 3.63) is 53.7 Å². The number of hydrogen-bond acceptors (Lipinski definition) is 8. The van der Waals surface area contributed by atoms with Crippen LogP contribution < -0.4 is 11.1 Å². The molecule has 9 nitrogen and oxygen atoms in total. The van der Waals surface area contributed by atoms with Crippen LogP contribution in [0.15, 0.2) is 48.2 Å². The Bertz CT molecular complexity index is 1230. The van der Waals surface area contributed by atoms with E-state index in [9.17, 15) is 23.2 Å². The summed E-state index contributed by atoms with van der Waals surface area (Å²) >= 11 is 0. The maximum absolute atomic E-state index is 14.7. The molecule has 13 heteroatoms. The Labute approximate surface area is 270 Å². The number of hydrogen-bond donors (Lipinski definition) is 2. The molecule has 1 amide bonds. The molecule has 3 fully saturated rings. The van der Waals surface area contributed by atoms with Gasteiger partial charge in [-0.2, -0.15) is 18.4 Å². The number of allylic oxidation sites excluding steroid dienone is 2. The van der Waals surface area contributed by atoms with Crippen LogP contribution in [0.1, 0.15) is 24.8 Å². The lowest BCUT2D eigenvalue weighted by Gasteiger charge is -2.51. The van der Waals surface area contributed by atoms with Gasteiger partial charge in [0.25, 0.3) is 0 Å². The third-order valence-corrected chi connectivity index (χ3v) is 9.63. The van der Waals surface area contributed by atoms with Crippen molar-refractivity contribution in [2.75, 3.05) is 79.0 Å². The van der Waals surface area contributed by atoms with Crippen molar-refractivity contribution >= 4 is 23.9 Å². The van der Waals surface area contributed by atoms with Gasteiger partial charge in [-0.15, -0.1) is 12.4 Å². The molecule has 0 spiro atoms. The first-order chi connectivity index (χ1) is 21.2. The lowest BCUT2D eigenvalue weighted by molar-refractivity contribution is -0.128. The summed E-state index contributed by atoms with van der Waals surface area (Å²) in [5.74, 6) is -1.47. The predicted molar refractivity (Wildman–Crippen MR) is 171 cm³/mol. The second kappa shape index (κ2) is 15.6. The largest absolute Gasteiger partial charge is 0.416 e. The smallest absolute Gasteiger partial charge is 0.369 e. The number of nitriles is 1. The minimum atomic E-state index is -4.60. The number of hydrazine groups is 1. The highest BCUT2D eigenvalue weighted by atomic mass is 35.5. The molecule has 1 aromatic carbocycles. The fourth-order valence-electron chi connectivity index (χ4n) is 7.42. The predicted octanol–water partition coefficient (Wildman–Crippen LogP) is 2.99. The number of piperidine rings is 2. The van der Waals surface area contributed by atoms with Crippen LogP contribution >= 0.6 is 12.4 Å². The SMILES string of the molecule is CN(CCN1CCNCC1)CC1CCCN(N2C=CC(C(F)(F)F)=C(c3ccccc3)C2C2CN(C#N)CCC2C(N)=O)C1.Cl. The van der Waals surface area contributed by atoms with Crippen molar-refractivity contribution in [3.63, 3.8) is 0 Å². The maximum atomic E-state index is 14.7. The molecule has 4 aliphatic heterocycles. The van der Waals surface area contributed by atoms with Gasteiger partial charge < -0.3 is 25.9 Å². The third kappa shape index (κ3) is 8.51. The first kappa shape index (κ1) is 35.0. The number of alkyl halides is 3. The average Bonchev–Trinajstić information content (AvgIpc) is 3.03. The molecule has 0 aromatic heterocycles. The van der Waals surface area contributed by atoms with Gasteiger partial charge in [0.15, 0.2) is 6.19 Å². The Kier molecular flexibility index (Phi) is 12.2. The van der Waals surface area contributed by atoms with Crippen LogP contribution in [0, 0.1) is 29.2 Å². The normalized spacial score (nSPS) is 26.9. The maximum Gasteiger partial charge on any atom is 0.416 e. The number of halogens is 4. The summed E-state index contributed by atoms with van der Waals surface area (Å²) in [6, 6.07) is 7.82. The van der Waals surface area contributed by atoms with Crippen molar-refractivity contribution in [1.82, 2.24) is 30.0 Å². The molecule has 4 aliphatic rings. The number of likely N-dealkylation sites (N-methyl/N-ethyl adjacent to an activating group) is 1. The minimum absolute atomic E-state index is 0. The van der Waals surface area contributed by atoms with Crippen molar-refractivity contribution in [2.45, 2.75) is 31.5 Å². The second-order valence-corrected chi connectivity index (χ2v) is 12.6. The van der Waals surface area contributed by atoms with Gasteiger partial charge >= 0.3 is 6.18 Å². The minimum Gasteiger partial charge on any atom is -0.369 e. The third-order valence-electron chi connectivity index (χ3n) is 9.63. The first-order valence-electron chi connectivity index (χ1n) is 15.8. The van der Waals surface area contributed by atoms with Gasteiger partial charge in [-0.3, -0.25) is 9.69 Å². The van der Waals surface area contributed by atoms with E-state index in [0.717, 1.165) is 58.7 Å². The van der Waals surface area contributed by atoms with E-state index in [2.05, 4.69) is 33.4 Å². The number of piperazine rings is 1. The van der Waals surface area contributed by atoms with E-state index in [0.29, 0.717) is 37.5 Å². The number of benzene rings is 1. The Balaban J connectivity index is 0.00000461. The van der Waals surface area contributed by atoms with Crippen LogP contribution in [-0.4, -0.2) is 122 Å². The summed E-state index contributed by atoms with van der Waals surface area (Å²) in [7, 11) is 2.15. The average molecular weight is 651 g/mol. The van der Waals surface area contributed by atoms with Gasteiger partial charge in [0.2, 0.25) is 5.91 Å². The number of nitrogens with two attached hydrogens (primary N) is 1. The van der Waals surface area contributed by atoms with Crippen LogP contribution in [0.3, 0.4) is 0 Å². The summed E-state index contributed by atoms with van der Waals surface area (Å²) < 4.78 is 44.1. The van der Waals surface area contributed by atoms with Gasteiger partial charge in [0.05, 0.1) is 11.6 Å². The van der Waals surface area contributed by atoms with E-state index in [1.165, 1.54) is 6.08 Å². The molecule has 248 valence electrons. The lowest BCUT2D eigenvalue weighted by atomic mass is 9.74.